The molecule has 0 spiro atoms. The van der Waals surface area contributed by atoms with E-state index in [4.69, 9.17) is 51.5 Å². The minimum Gasteiger partial charge on any atom is -0.477 e. The first-order chi connectivity index (χ1) is 15.7. The molecule has 0 saturated heterocycles. The van der Waals surface area contributed by atoms with Crippen molar-refractivity contribution in [2.75, 3.05) is 5.32 Å². The van der Waals surface area contributed by atoms with Gasteiger partial charge in [0.1, 0.15) is 15.9 Å². The molecule has 0 atom stereocenters. The molecule has 0 radical (unpaired) electrons. The summed E-state index contributed by atoms with van der Waals surface area (Å²) in [6.45, 7) is 0.456. The summed E-state index contributed by atoms with van der Waals surface area (Å²) in [6, 6.07) is 9.70. The van der Waals surface area contributed by atoms with Crippen LogP contribution in [0.3, 0.4) is 0 Å². The average Bonchev–Trinajstić information content (AvgIpc) is 3.18. The Bertz CT molecular complexity index is 1440. The molecule has 7 nitrogen and oxygen atoms in total. The number of halogens is 4. The normalized spacial score (nSPS) is 14.8. The summed E-state index contributed by atoms with van der Waals surface area (Å²) in [7, 11) is 0. The predicted octanol–water partition coefficient (Wildman–Crippen LogP) is 5.36. The van der Waals surface area contributed by atoms with E-state index >= 15 is 0 Å². The summed E-state index contributed by atoms with van der Waals surface area (Å²) in [5.74, 6) is -1.97. The summed E-state index contributed by atoms with van der Waals surface area (Å²) in [6.07, 6.45) is 2.38. The SMILES string of the molecule is O=C(O)/C(Cl)=C(/Cl)C(=O)Nc1ccc2c(=O)n3c(nc2c1)C(=Cc1c(Cl)cccc1Cl)CC3. The summed E-state index contributed by atoms with van der Waals surface area (Å²) in [5, 5.41) is 11.2. The number of anilines is 1. The highest BCUT2D eigenvalue weighted by molar-refractivity contribution is 6.54. The van der Waals surface area contributed by atoms with Crippen molar-refractivity contribution in [1.82, 2.24) is 9.55 Å². The van der Waals surface area contributed by atoms with Crippen LogP contribution in [0.1, 0.15) is 17.8 Å². The van der Waals surface area contributed by atoms with Crippen LogP contribution in [0, 0.1) is 0 Å². The van der Waals surface area contributed by atoms with Gasteiger partial charge < -0.3 is 10.4 Å². The van der Waals surface area contributed by atoms with Crippen molar-refractivity contribution in [3.8, 4) is 0 Å². The van der Waals surface area contributed by atoms with E-state index in [1.807, 2.05) is 6.08 Å². The fraction of sp³-hybridized carbons (Fsp3) is 0.0909. The number of fused-ring (bicyclic) bond motifs is 2. The first kappa shape index (κ1) is 23.3. The summed E-state index contributed by atoms with van der Waals surface area (Å²) in [4.78, 5) is 40.7. The zero-order valence-electron chi connectivity index (χ0n) is 16.5. The molecular weight excluding hydrogens is 512 g/mol. The van der Waals surface area contributed by atoms with E-state index in [1.54, 1.807) is 22.8 Å². The maximum Gasteiger partial charge on any atom is 0.349 e. The first-order valence-corrected chi connectivity index (χ1v) is 11.0. The second-order valence-electron chi connectivity index (χ2n) is 7.07. The monoisotopic (exact) mass is 523 g/mol. The molecule has 1 aromatic heterocycles. The number of nitrogens with zero attached hydrogens (tertiary/aromatic N) is 2. The molecule has 0 unspecified atom stereocenters. The summed E-state index contributed by atoms with van der Waals surface area (Å²) >= 11 is 23.8. The Hall–Kier alpha value is -2.84. The molecule has 11 heteroatoms. The Labute approximate surface area is 206 Å². The average molecular weight is 525 g/mol. The number of hydrogen-bond donors (Lipinski definition) is 2. The number of carboxylic acids is 1. The molecule has 33 heavy (non-hydrogen) atoms. The molecule has 1 aliphatic rings. The number of amides is 1. The van der Waals surface area contributed by atoms with E-state index in [-0.39, 0.29) is 11.2 Å². The number of allylic oxidation sites excluding steroid dienone is 1. The molecule has 2 heterocycles. The zero-order chi connectivity index (χ0) is 23.9. The quantitative estimate of drug-likeness (QED) is 0.447. The van der Waals surface area contributed by atoms with E-state index < -0.39 is 21.9 Å². The van der Waals surface area contributed by atoms with Gasteiger partial charge in [-0.15, -0.1) is 0 Å². The standard InChI is InChI=1S/C22H13Cl4N3O4/c23-14-2-1-3-15(24)13(14)8-10-6-7-29-19(10)28-16-9-11(4-5-12(16)21(29)31)27-20(30)17(25)18(26)22(32)33/h1-5,8-9H,6-7H2,(H,27,30)(H,32,33)/b10-8?,18-17-. The van der Waals surface area contributed by atoms with E-state index in [9.17, 15) is 14.4 Å². The van der Waals surface area contributed by atoms with Crippen LogP contribution in [0.4, 0.5) is 5.69 Å². The lowest BCUT2D eigenvalue weighted by Crippen LogP contribution is -2.21. The Morgan fingerprint density at radius 2 is 1.79 bits per heavy atom. The molecule has 1 amide bonds. The Morgan fingerprint density at radius 3 is 2.45 bits per heavy atom. The molecule has 3 aromatic rings. The highest BCUT2D eigenvalue weighted by atomic mass is 35.5. The molecule has 0 aliphatic carbocycles. The number of aliphatic carboxylic acids is 1. The van der Waals surface area contributed by atoms with Gasteiger partial charge in [-0.1, -0.05) is 52.5 Å². The van der Waals surface area contributed by atoms with Gasteiger partial charge in [0, 0.05) is 27.8 Å². The van der Waals surface area contributed by atoms with Crippen molar-refractivity contribution in [3.05, 3.63) is 78.2 Å². The van der Waals surface area contributed by atoms with Crippen molar-refractivity contribution < 1.29 is 14.7 Å². The van der Waals surface area contributed by atoms with Gasteiger partial charge in [0.05, 0.1) is 10.9 Å². The lowest BCUT2D eigenvalue weighted by Gasteiger charge is -2.09. The minimum absolute atomic E-state index is 0.228. The van der Waals surface area contributed by atoms with Crippen LogP contribution in [0.15, 0.2) is 51.3 Å². The lowest BCUT2D eigenvalue weighted by atomic mass is 10.1. The van der Waals surface area contributed by atoms with Gasteiger partial charge >= 0.3 is 5.97 Å². The third kappa shape index (κ3) is 4.50. The van der Waals surface area contributed by atoms with Gasteiger partial charge in [0.15, 0.2) is 0 Å². The molecule has 2 N–H and O–H groups in total. The fourth-order valence-corrected chi connectivity index (χ4v) is 4.15. The molecule has 4 rings (SSSR count). The Morgan fingerprint density at radius 1 is 1.09 bits per heavy atom. The van der Waals surface area contributed by atoms with E-state index in [0.717, 1.165) is 5.57 Å². The van der Waals surface area contributed by atoms with Crippen LogP contribution >= 0.6 is 46.4 Å². The Balaban J connectivity index is 1.76. The van der Waals surface area contributed by atoms with Crippen LogP contribution in [-0.4, -0.2) is 26.5 Å². The molecule has 168 valence electrons. The second kappa shape index (κ2) is 9.19. The molecular formula is C22H13Cl4N3O4. The number of hydrogen-bond acceptors (Lipinski definition) is 4. The van der Waals surface area contributed by atoms with Gasteiger partial charge in [0.2, 0.25) is 0 Å². The predicted molar refractivity (Wildman–Crippen MR) is 130 cm³/mol. The topological polar surface area (TPSA) is 101 Å². The van der Waals surface area contributed by atoms with Crippen LogP contribution in [0.2, 0.25) is 10.0 Å². The number of benzene rings is 2. The maximum atomic E-state index is 13.0. The smallest absolute Gasteiger partial charge is 0.349 e. The van der Waals surface area contributed by atoms with E-state index in [1.165, 1.54) is 18.2 Å². The highest BCUT2D eigenvalue weighted by Gasteiger charge is 2.22. The van der Waals surface area contributed by atoms with Crippen LogP contribution in [0.25, 0.3) is 22.6 Å². The second-order valence-corrected chi connectivity index (χ2v) is 8.64. The van der Waals surface area contributed by atoms with E-state index in [0.29, 0.717) is 45.3 Å². The van der Waals surface area contributed by atoms with Crippen molar-refractivity contribution in [1.29, 1.82) is 0 Å². The Kier molecular flexibility index (Phi) is 6.50. The van der Waals surface area contributed by atoms with Crippen molar-refractivity contribution in [2.24, 2.45) is 0 Å². The van der Waals surface area contributed by atoms with Crippen molar-refractivity contribution in [3.63, 3.8) is 0 Å². The number of carboxylic acid groups (broad SMARTS) is 1. The van der Waals surface area contributed by atoms with Gasteiger partial charge in [-0.3, -0.25) is 14.2 Å². The zero-order valence-corrected chi connectivity index (χ0v) is 19.6. The van der Waals surface area contributed by atoms with Gasteiger partial charge in [0.25, 0.3) is 11.5 Å². The number of carbonyl (C=O) groups is 2. The van der Waals surface area contributed by atoms with Gasteiger partial charge in [-0.05, 0) is 48.4 Å². The maximum absolute atomic E-state index is 13.0. The number of carbonyl (C=O) groups excluding carboxylic acids is 1. The molecule has 1 aliphatic heterocycles. The number of nitrogens with one attached hydrogen (secondary N) is 1. The molecule has 0 bridgehead atoms. The molecule has 0 saturated carbocycles. The van der Waals surface area contributed by atoms with Crippen molar-refractivity contribution >= 4 is 86.5 Å². The molecule has 2 aromatic carbocycles. The number of aromatic nitrogens is 2. The van der Waals surface area contributed by atoms with Crippen molar-refractivity contribution in [2.45, 2.75) is 13.0 Å². The third-order valence-electron chi connectivity index (χ3n) is 5.00. The minimum atomic E-state index is -1.53. The fourth-order valence-electron chi connectivity index (χ4n) is 3.43. The summed E-state index contributed by atoms with van der Waals surface area (Å²) < 4.78 is 1.57. The largest absolute Gasteiger partial charge is 0.477 e. The van der Waals surface area contributed by atoms with Gasteiger partial charge in [-0.25, -0.2) is 9.78 Å². The van der Waals surface area contributed by atoms with E-state index in [2.05, 4.69) is 10.3 Å². The highest BCUT2D eigenvalue weighted by Crippen LogP contribution is 2.33. The summed E-state index contributed by atoms with van der Waals surface area (Å²) in [5.41, 5.74) is 1.80. The van der Waals surface area contributed by atoms with Crippen LogP contribution in [-0.2, 0) is 16.1 Å². The van der Waals surface area contributed by atoms with Gasteiger partial charge in [-0.2, -0.15) is 0 Å². The van der Waals surface area contributed by atoms with Crippen LogP contribution in [0.5, 0.6) is 0 Å². The molecule has 0 fully saturated rings. The van der Waals surface area contributed by atoms with Crippen LogP contribution < -0.4 is 10.9 Å². The lowest BCUT2D eigenvalue weighted by molar-refractivity contribution is -0.132. The third-order valence-corrected chi connectivity index (χ3v) is 6.47. The number of rotatable bonds is 4. The first-order valence-electron chi connectivity index (χ1n) is 9.47.